The van der Waals surface area contributed by atoms with Crippen molar-refractivity contribution in [1.29, 1.82) is 0 Å². The van der Waals surface area contributed by atoms with Crippen LogP contribution < -0.4 is 4.72 Å². The van der Waals surface area contributed by atoms with Gasteiger partial charge in [-0.1, -0.05) is 76.7 Å². The Labute approximate surface area is 143 Å². The van der Waals surface area contributed by atoms with Crippen LogP contribution in [0.1, 0.15) is 17.2 Å². The van der Waals surface area contributed by atoms with Crippen molar-refractivity contribution in [3.05, 3.63) is 70.7 Å². The van der Waals surface area contributed by atoms with Crippen molar-refractivity contribution in [2.24, 2.45) is 0 Å². The molecule has 0 spiro atoms. The Morgan fingerprint density at radius 1 is 1.05 bits per heavy atom. The molecule has 112 valence electrons. The quantitative estimate of drug-likeness (QED) is 0.552. The number of alkyl halides is 1. The predicted molar refractivity (Wildman–Crippen MR) is 95.3 cm³/mol. The lowest BCUT2D eigenvalue weighted by Gasteiger charge is -2.17. The smallest absolute Gasteiger partial charge is 0.212 e. The first-order valence-electron chi connectivity index (χ1n) is 6.35. The van der Waals surface area contributed by atoms with E-state index < -0.39 is 10.0 Å². The molecule has 3 nitrogen and oxygen atoms in total. The van der Waals surface area contributed by atoms with Gasteiger partial charge in [0.05, 0.1) is 11.8 Å². The molecule has 2 aromatic rings. The summed E-state index contributed by atoms with van der Waals surface area (Å²) in [5, 5.41) is 0.596. The summed E-state index contributed by atoms with van der Waals surface area (Å²) in [6.45, 7) is 0. The lowest BCUT2D eigenvalue weighted by atomic mass is 10.1. The molecule has 0 aliphatic heterocycles. The van der Waals surface area contributed by atoms with E-state index in [0.29, 0.717) is 15.0 Å². The molecule has 0 fully saturated rings. The minimum Gasteiger partial charge on any atom is -0.212 e. The fourth-order valence-electron chi connectivity index (χ4n) is 1.93. The number of benzene rings is 2. The Balaban J connectivity index is 2.10. The summed E-state index contributed by atoms with van der Waals surface area (Å²) < 4.78 is 28.0. The van der Waals surface area contributed by atoms with Gasteiger partial charge >= 0.3 is 0 Å². The van der Waals surface area contributed by atoms with Crippen molar-refractivity contribution in [3.63, 3.8) is 0 Å². The highest BCUT2D eigenvalue weighted by Gasteiger charge is 2.18. The highest BCUT2D eigenvalue weighted by Crippen LogP contribution is 2.18. The lowest BCUT2D eigenvalue weighted by molar-refractivity contribution is 0.568. The second-order valence-corrected chi connectivity index (χ2v) is 7.69. The van der Waals surface area contributed by atoms with Crippen LogP contribution in [0.2, 0.25) is 5.02 Å². The molecule has 0 bridgehead atoms. The van der Waals surface area contributed by atoms with Crippen LogP contribution >= 0.6 is 34.2 Å². The topological polar surface area (TPSA) is 46.2 Å². The molecular weight excluding hydrogens is 421 g/mol. The Hall–Kier alpha value is -0.630. The van der Waals surface area contributed by atoms with Gasteiger partial charge in [-0.3, -0.25) is 0 Å². The van der Waals surface area contributed by atoms with Gasteiger partial charge in [0.15, 0.2) is 0 Å². The third kappa shape index (κ3) is 5.25. The van der Waals surface area contributed by atoms with Crippen LogP contribution in [0.25, 0.3) is 0 Å². The first-order chi connectivity index (χ1) is 10.00. The number of sulfonamides is 1. The standard InChI is InChI=1S/C15H15ClINO2S/c16-14-8-6-12(7-9-14)11-21(19,20)18-15(10-17)13-4-2-1-3-5-13/h1-9,15,18H,10-11H2/t15-/m1/s1. The molecule has 0 heterocycles. The summed E-state index contributed by atoms with van der Waals surface area (Å²) in [6, 6.07) is 16.2. The second-order valence-electron chi connectivity index (χ2n) is 4.62. The third-order valence-corrected chi connectivity index (χ3v) is 5.44. The van der Waals surface area contributed by atoms with Gasteiger partial charge in [-0.2, -0.15) is 0 Å². The van der Waals surface area contributed by atoms with Crippen LogP contribution in [0.4, 0.5) is 0 Å². The Morgan fingerprint density at radius 3 is 2.24 bits per heavy atom. The monoisotopic (exact) mass is 435 g/mol. The molecule has 1 N–H and O–H groups in total. The van der Waals surface area contributed by atoms with E-state index in [4.69, 9.17) is 11.6 Å². The first-order valence-corrected chi connectivity index (χ1v) is 9.91. The summed E-state index contributed by atoms with van der Waals surface area (Å²) in [6.07, 6.45) is 0. The zero-order valence-electron chi connectivity index (χ0n) is 11.2. The normalized spacial score (nSPS) is 13.0. The van der Waals surface area contributed by atoms with Crippen LogP contribution in [-0.4, -0.2) is 12.8 Å². The highest BCUT2D eigenvalue weighted by atomic mass is 127. The van der Waals surface area contributed by atoms with Crippen molar-refractivity contribution < 1.29 is 8.42 Å². The molecule has 0 aliphatic carbocycles. The van der Waals surface area contributed by atoms with Crippen LogP contribution in [0, 0.1) is 0 Å². The summed E-state index contributed by atoms with van der Waals surface area (Å²) in [4.78, 5) is 0. The first kappa shape index (κ1) is 16.7. The summed E-state index contributed by atoms with van der Waals surface area (Å²) in [5.41, 5.74) is 1.68. The van der Waals surface area contributed by atoms with Crippen molar-refractivity contribution in [3.8, 4) is 0 Å². The minimum atomic E-state index is -3.40. The van der Waals surface area contributed by atoms with E-state index in [1.165, 1.54) is 0 Å². The van der Waals surface area contributed by atoms with E-state index >= 15 is 0 Å². The highest BCUT2D eigenvalue weighted by molar-refractivity contribution is 14.1. The van der Waals surface area contributed by atoms with Gasteiger partial charge in [0.25, 0.3) is 0 Å². The maximum Gasteiger partial charge on any atom is 0.216 e. The second kappa shape index (κ2) is 7.58. The fraction of sp³-hybridized carbons (Fsp3) is 0.200. The zero-order valence-corrected chi connectivity index (χ0v) is 14.9. The number of nitrogens with one attached hydrogen (secondary N) is 1. The molecule has 2 aromatic carbocycles. The SMILES string of the molecule is O=S(=O)(Cc1ccc(Cl)cc1)N[C@H](CI)c1ccccc1. The lowest BCUT2D eigenvalue weighted by Crippen LogP contribution is -2.30. The van der Waals surface area contributed by atoms with E-state index in [9.17, 15) is 8.42 Å². The summed E-state index contributed by atoms with van der Waals surface area (Å²) >= 11 is 7.99. The van der Waals surface area contributed by atoms with Crippen LogP contribution in [0.15, 0.2) is 54.6 Å². The van der Waals surface area contributed by atoms with Gasteiger partial charge in [-0.25, -0.2) is 13.1 Å². The largest absolute Gasteiger partial charge is 0.216 e. The molecule has 21 heavy (non-hydrogen) atoms. The van der Waals surface area contributed by atoms with Gasteiger partial charge in [0.2, 0.25) is 10.0 Å². The molecule has 0 saturated heterocycles. The van der Waals surface area contributed by atoms with Crippen molar-refractivity contribution in [1.82, 2.24) is 4.72 Å². The molecule has 0 aliphatic rings. The van der Waals surface area contributed by atoms with Gasteiger partial charge in [0, 0.05) is 9.45 Å². The molecule has 0 unspecified atom stereocenters. The van der Waals surface area contributed by atoms with Crippen molar-refractivity contribution in [2.75, 3.05) is 4.43 Å². The van der Waals surface area contributed by atoms with Crippen molar-refractivity contribution in [2.45, 2.75) is 11.8 Å². The molecular formula is C15H15ClINO2S. The molecule has 6 heteroatoms. The van der Waals surface area contributed by atoms with Gasteiger partial charge in [-0.05, 0) is 23.3 Å². The zero-order chi connectivity index (χ0) is 15.3. The maximum absolute atomic E-state index is 12.3. The summed E-state index contributed by atoms with van der Waals surface area (Å²) in [5.74, 6) is -0.0514. The molecule has 0 amide bonds. The van der Waals surface area contributed by atoms with E-state index in [1.54, 1.807) is 24.3 Å². The predicted octanol–water partition coefficient (Wildman–Crippen LogP) is 3.94. The number of halogens is 2. The Morgan fingerprint density at radius 2 is 1.67 bits per heavy atom. The molecule has 0 radical (unpaired) electrons. The van der Waals surface area contributed by atoms with Crippen LogP contribution in [-0.2, 0) is 15.8 Å². The average Bonchev–Trinajstić information content (AvgIpc) is 2.48. The molecule has 0 aromatic heterocycles. The van der Waals surface area contributed by atoms with Gasteiger partial charge in [-0.15, -0.1) is 0 Å². The fourth-order valence-corrected chi connectivity index (χ4v) is 4.45. The Kier molecular flexibility index (Phi) is 6.04. The number of hydrogen-bond acceptors (Lipinski definition) is 2. The number of hydrogen-bond donors (Lipinski definition) is 1. The maximum atomic E-state index is 12.3. The Bertz CT molecular complexity index is 675. The third-order valence-electron chi connectivity index (χ3n) is 2.95. The van der Waals surface area contributed by atoms with Gasteiger partial charge < -0.3 is 0 Å². The van der Waals surface area contributed by atoms with E-state index in [2.05, 4.69) is 27.3 Å². The number of rotatable bonds is 6. The minimum absolute atomic E-state index is 0.0514. The van der Waals surface area contributed by atoms with E-state index in [1.807, 2.05) is 30.3 Å². The summed E-state index contributed by atoms with van der Waals surface area (Å²) in [7, 11) is -3.40. The van der Waals surface area contributed by atoms with Crippen LogP contribution in [0.5, 0.6) is 0 Å². The van der Waals surface area contributed by atoms with E-state index in [-0.39, 0.29) is 11.8 Å². The molecule has 0 saturated carbocycles. The van der Waals surface area contributed by atoms with Crippen molar-refractivity contribution >= 4 is 44.2 Å². The average molecular weight is 436 g/mol. The molecule has 2 rings (SSSR count). The molecule has 1 atom stereocenters. The van der Waals surface area contributed by atoms with Crippen LogP contribution in [0.3, 0.4) is 0 Å². The van der Waals surface area contributed by atoms with Gasteiger partial charge in [0.1, 0.15) is 0 Å². The van der Waals surface area contributed by atoms with E-state index in [0.717, 1.165) is 5.56 Å².